The molecule has 2 aromatic heterocycles. The first-order chi connectivity index (χ1) is 11.9. The van der Waals surface area contributed by atoms with Crippen molar-refractivity contribution < 1.29 is 13.9 Å². The van der Waals surface area contributed by atoms with Gasteiger partial charge in [0.15, 0.2) is 5.96 Å². The van der Waals surface area contributed by atoms with Gasteiger partial charge in [-0.3, -0.25) is 0 Å². The Labute approximate surface area is 174 Å². The molecule has 0 atom stereocenters. The van der Waals surface area contributed by atoms with Gasteiger partial charge in [0.2, 0.25) is 0 Å². The van der Waals surface area contributed by atoms with Crippen LogP contribution in [0, 0.1) is 13.8 Å². The quantitative estimate of drug-likeness (QED) is 0.289. The van der Waals surface area contributed by atoms with Crippen molar-refractivity contribution in [3.05, 3.63) is 39.2 Å². The zero-order chi connectivity index (χ0) is 18.4. The number of aliphatic imine (C=N–C) groups is 1. The topological polar surface area (TPSA) is 80.0 Å². The lowest BCUT2D eigenvalue weighted by molar-refractivity contribution is 0.0599. The van der Waals surface area contributed by atoms with Crippen molar-refractivity contribution in [3.63, 3.8) is 0 Å². The maximum Gasteiger partial charge on any atom is 0.341 e. The summed E-state index contributed by atoms with van der Waals surface area (Å²) in [4.78, 5) is 22.7. The van der Waals surface area contributed by atoms with Gasteiger partial charge in [-0.2, -0.15) is 0 Å². The molecule has 0 bridgehead atoms. The standard InChI is InChI=1S/C17H24N4O3S.HI/c1-6-18-17(21(4)9-13-10-25-12(3)20-13)19-8-14-7-15(11(2)24-14)16(22)23-5;/h7,10H,6,8-9H2,1-5H3,(H,18,19);1H. The van der Waals surface area contributed by atoms with Crippen LogP contribution in [0.3, 0.4) is 0 Å². The summed E-state index contributed by atoms with van der Waals surface area (Å²) in [5.41, 5.74) is 1.45. The van der Waals surface area contributed by atoms with Crippen molar-refractivity contribution in [2.45, 2.75) is 33.9 Å². The molecular weight excluding hydrogens is 467 g/mol. The predicted molar refractivity (Wildman–Crippen MR) is 113 cm³/mol. The van der Waals surface area contributed by atoms with Crippen LogP contribution in [0.1, 0.15) is 39.5 Å². The highest BCUT2D eigenvalue weighted by Crippen LogP contribution is 2.16. The van der Waals surface area contributed by atoms with Gasteiger partial charge in [0.25, 0.3) is 0 Å². The molecule has 0 amide bonds. The zero-order valence-electron chi connectivity index (χ0n) is 15.7. The normalized spacial score (nSPS) is 11.0. The van der Waals surface area contributed by atoms with Crippen molar-refractivity contribution in [1.29, 1.82) is 0 Å². The van der Waals surface area contributed by atoms with Gasteiger partial charge in [0.05, 0.1) is 24.4 Å². The Bertz CT molecular complexity index is 757. The lowest BCUT2D eigenvalue weighted by Crippen LogP contribution is -2.38. The van der Waals surface area contributed by atoms with Crippen molar-refractivity contribution in [2.24, 2.45) is 4.99 Å². The second kappa shape index (κ2) is 10.5. The van der Waals surface area contributed by atoms with Crippen LogP contribution in [0.15, 0.2) is 20.9 Å². The number of aromatic nitrogens is 1. The molecule has 2 aromatic rings. The van der Waals surface area contributed by atoms with E-state index in [1.807, 2.05) is 31.2 Å². The number of halogens is 1. The van der Waals surface area contributed by atoms with Gasteiger partial charge in [-0.05, 0) is 26.8 Å². The second-order valence-electron chi connectivity index (χ2n) is 5.56. The number of rotatable bonds is 6. The molecular formula is C17H25IN4O3S. The number of furan rings is 1. The van der Waals surface area contributed by atoms with Crippen LogP contribution in [0.25, 0.3) is 0 Å². The molecule has 7 nitrogen and oxygen atoms in total. The lowest BCUT2D eigenvalue weighted by Gasteiger charge is -2.21. The van der Waals surface area contributed by atoms with E-state index >= 15 is 0 Å². The summed E-state index contributed by atoms with van der Waals surface area (Å²) in [6, 6.07) is 1.68. The number of nitrogens with zero attached hydrogens (tertiary/aromatic N) is 3. The molecule has 9 heteroatoms. The van der Waals surface area contributed by atoms with Gasteiger partial charge in [-0.25, -0.2) is 14.8 Å². The summed E-state index contributed by atoms with van der Waals surface area (Å²) in [5.74, 6) is 1.50. The van der Waals surface area contributed by atoms with E-state index in [1.54, 1.807) is 24.3 Å². The van der Waals surface area contributed by atoms with Crippen molar-refractivity contribution >= 4 is 47.2 Å². The minimum atomic E-state index is -0.403. The molecule has 144 valence electrons. The third-order valence-corrected chi connectivity index (χ3v) is 4.34. The smallest absolute Gasteiger partial charge is 0.341 e. The number of aryl methyl sites for hydroxylation is 2. The van der Waals surface area contributed by atoms with Crippen LogP contribution >= 0.6 is 35.3 Å². The second-order valence-corrected chi connectivity index (χ2v) is 6.62. The number of hydrogen-bond acceptors (Lipinski definition) is 6. The molecule has 0 radical (unpaired) electrons. The molecule has 0 aliphatic carbocycles. The summed E-state index contributed by atoms with van der Waals surface area (Å²) in [6.07, 6.45) is 0. The van der Waals surface area contributed by atoms with Crippen molar-refractivity contribution in [3.8, 4) is 0 Å². The average molecular weight is 492 g/mol. The van der Waals surface area contributed by atoms with Crippen LogP contribution in [0.5, 0.6) is 0 Å². The molecule has 2 rings (SSSR count). The first kappa shape index (κ1) is 22.4. The van der Waals surface area contributed by atoms with E-state index < -0.39 is 5.97 Å². The maximum absolute atomic E-state index is 11.7. The molecule has 0 spiro atoms. The van der Waals surface area contributed by atoms with Gasteiger partial charge in [-0.15, -0.1) is 35.3 Å². The molecule has 0 fully saturated rings. The minimum Gasteiger partial charge on any atom is -0.465 e. The first-order valence-corrected chi connectivity index (χ1v) is 8.90. The molecule has 2 heterocycles. The van der Waals surface area contributed by atoms with Gasteiger partial charge in [-0.1, -0.05) is 0 Å². The van der Waals surface area contributed by atoms with Gasteiger partial charge in [0.1, 0.15) is 23.6 Å². The number of nitrogens with one attached hydrogen (secondary N) is 1. The number of thiazole rings is 1. The van der Waals surface area contributed by atoms with E-state index in [0.29, 0.717) is 30.2 Å². The third-order valence-electron chi connectivity index (χ3n) is 3.52. The Balaban J connectivity index is 0.00000338. The Morgan fingerprint density at radius 2 is 2.19 bits per heavy atom. The monoisotopic (exact) mass is 492 g/mol. The highest BCUT2D eigenvalue weighted by atomic mass is 127. The molecule has 0 saturated carbocycles. The van der Waals surface area contributed by atoms with Gasteiger partial charge < -0.3 is 19.4 Å². The van der Waals surface area contributed by atoms with Crippen LogP contribution < -0.4 is 5.32 Å². The Morgan fingerprint density at radius 3 is 2.77 bits per heavy atom. The van der Waals surface area contributed by atoms with Crippen molar-refractivity contribution in [1.82, 2.24) is 15.2 Å². The van der Waals surface area contributed by atoms with E-state index in [2.05, 4.69) is 15.3 Å². The van der Waals surface area contributed by atoms with Crippen LogP contribution in [-0.2, 0) is 17.8 Å². The molecule has 26 heavy (non-hydrogen) atoms. The minimum absolute atomic E-state index is 0. The maximum atomic E-state index is 11.7. The summed E-state index contributed by atoms with van der Waals surface area (Å²) in [7, 11) is 3.31. The molecule has 0 aromatic carbocycles. The summed E-state index contributed by atoms with van der Waals surface area (Å²) >= 11 is 1.63. The van der Waals surface area contributed by atoms with E-state index in [0.717, 1.165) is 23.2 Å². The largest absolute Gasteiger partial charge is 0.465 e. The molecule has 0 unspecified atom stereocenters. The van der Waals surface area contributed by atoms with Crippen LogP contribution in [0.2, 0.25) is 0 Å². The third kappa shape index (κ3) is 5.97. The Kier molecular flexibility index (Phi) is 9.06. The van der Waals surface area contributed by atoms with Crippen LogP contribution in [0.4, 0.5) is 0 Å². The lowest BCUT2D eigenvalue weighted by atomic mass is 10.2. The molecule has 0 saturated heterocycles. The fraction of sp³-hybridized carbons (Fsp3) is 0.471. The SMILES string of the molecule is CCNC(=NCc1cc(C(=O)OC)c(C)o1)N(C)Cc1csc(C)n1.I. The summed E-state index contributed by atoms with van der Waals surface area (Å²) in [6.45, 7) is 7.50. The average Bonchev–Trinajstić information content (AvgIpc) is 3.16. The fourth-order valence-electron chi connectivity index (χ4n) is 2.36. The number of hydrogen-bond donors (Lipinski definition) is 1. The highest BCUT2D eigenvalue weighted by Gasteiger charge is 2.15. The molecule has 0 aliphatic rings. The van der Waals surface area contributed by atoms with Gasteiger partial charge in [0, 0.05) is 19.0 Å². The highest BCUT2D eigenvalue weighted by molar-refractivity contribution is 14.0. The molecule has 1 N–H and O–H groups in total. The van der Waals surface area contributed by atoms with Crippen LogP contribution in [-0.4, -0.2) is 42.5 Å². The number of esters is 1. The summed E-state index contributed by atoms with van der Waals surface area (Å²) in [5, 5.41) is 6.35. The first-order valence-electron chi connectivity index (χ1n) is 8.02. The van der Waals surface area contributed by atoms with Crippen molar-refractivity contribution in [2.75, 3.05) is 20.7 Å². The predicted octanol–water partition coefficient (Wildman–Crippen LogP) is 3.36. The number of carbonyl (C=O) groups is 1. The molecule has 0 aliphatic heterocycles. The van der Waals surface area contributed by atoms with E-state index in [9.17, 15) is 4.79 Å². The fourth-order valence-corrected chi connectivity index (χ4v) is 2.96. The number of guanidine groups is 1. The number of carbonyl (C=O) groups excluding carboxylic acids is 1. The Hall–Kier alpha value is -1.62. The zero-order valence-corrected chi connectivity index (χ0v) is 18.8. The number of methoxy groups -OCH3 is 1. The van der Waals surface area contributed by atoms with Gasteiger partial charge >= 0.3 is 5.97 Å². The Morgan fingerprint density at radius 1 is 1.46 bits per heavy atom. The van der Waals surface area contributed by atoms with E-state index in [-0.39, 0.29) is 24.0 Å². The van der Waals surface area contributed by atoms with E-state index in [4.69, 9.17) is 9.15 Å². The summed E-state index contributed by atoms with van der Waals surface area (Å²) < 4.78 is 10.3. The van der Waals surface area contributed by atoms with E-state index in [1.165, 1.54) is 7.11 Å². The number of ether oxygens (including phenoxy) is 1.